The van der Waals surface area contributed by atoms with E-state index in [0.717, 1.165) is 17.6 Å². The van der Waals surface area contributed by atoms with Crippen LogP contribution in [-0.2, 0) is 6.18 Å². The van der Waals surface area contributed by atoms with Gasteiger partial charge in [-0.25, -0.2) is 4.98 Å². The Morgan fingerprint density at radius 2 is 1.83 bits per heavy atom. The molecule has 2 aromatic rings. The van der Waals surface area contributed by atoms with Gasteiger partial charge in [0.2, 0.25) is 0 Å². The van der Waals surface area contributed by atoms with Crippen LogP contribution >= 0.6 is 11.3 Å². The van der Waals surface area contributed by atoms with E-state index in [4.69, 9.17) is 0 Å². The molecule has 0 amide bonds. The van der Waals surface area contributed by atoms with Crippen LogP contribution < -0.4 is 0 Å². The van der Waals surface area contributed by atoms with E-state index in [1.807, 2.05) is 0 Å². The molecule has 0 aliphatic carbocycles. The second-order valence-corrected chi connectivity index (χ2v) is 4.19. The van der Waals surface area contributed by atoms with E-state index in [9.17, 15) is 23.3 Å². The number of aromatic nitrogens is 1. The molecule has 1 aromatic carbocycles. The third kappa shape index (κ3) is 2.33. The number of alkyl halides is 3. The molecular weight excluding hydrogens is 269 g/mol. The highest BCUT2D eigenvalue weighted by molar-refractivity contribution is 7.10. The molecule has 0 saturated carbocycles. The first-order valence-electron chi connectivity index (χ1n) is 4.65. The summed E-state index contributed by atoms with van der Waals surface area (Å²) in [6.07, 6.45) is -4.47. The number of nitrogens with zero attached hydrogens (tertiary/aromatic N) is 2. The number of nitro groups is 1. The van der Waals surface area contributed by atoms with E-state index in [2.05, 4.69) is 4.98 Å². The molecule has 1 aromatic heterocycles. The van der Waals surface area contributed by atoms with Gasteiger partial charge in [-0.15, -0.1) is 11.3 Å². The van der Waals surface area contributed by atoms with Crippen LogP contribution in [0.15, 0.2) is 29.8 Å². The lowest BCUT2D eigenvalue weighted by atomic mass is 10.1. The van der Waals surface area contributed by atoms with Crippen molar-refractivity contribution in [3.8, 4) is 11.3 Å². The molecule has 0 aliphatic heterocycles. The van der Waals surface area contributed by atoms with Gasteiger partial charge in [0.15, 0.2) is 0 Å². The molecule has 0 fully saturated rings. The van der Waals surface area contributed by atoms with E-state index in [-0.39, 0.29) is 16.9 Å². The summed E-state index contributed by atoms with van der Waals surface area (Å²) in [5, 5.41) is 10.4. The van der Waals surface area contributed by atoms with Crippen molar-refractivity contribution in [2.75, 3.05) is 0 Å². The lowest BCUT2D eigenvalue weighted by Gasteiger charge is -2.05. The molecule has 0 saturated heterocycles. The van der Waals surface area contributed by atoms with E-state index >= 15 is 0 Å². The zero-order chi connectivity index (χ0) is 13.3. The Morgan fingerprint density at radius 1 is 1.22 bits per heavy atom. The van der Waals surface area contributed by atoms with Gasteiger partial charge in [-0.2, -0.15) is 13.2 Å². The second kappa shape index (κ2) is 4.37. The fraction of sp³-hybridized carbons (Fsp3) is 0.100. The van der Waals surface area contributed by atoms with Crippen molar-refractivity contribution in [1.82, 2.24) is 4.98 Å². The second-order valence-electron chi connectivity index (χ2n) is 3.33. The Labute approximate surface area is 103 Å². The monoisotopic (exact) mass is 274 g/mol. The molecule has 0 N–H and O–H groups in total. The van der Waals surface area contributed by atoms with Crippen molar-refractivity contribution in [3.05, 3.63) is 44.8 Å². The minimum Gasteiger partial charge on any atom is -0.258 e. The molecule has 0 bridgehead atoms. The molecular formula is C10H5F3N2O2S. The van der Waals surface area contributed by atoms with Crippen LogP contribution in [-0.4, -0.2) is 9.91 Å². The molecule has 0 spiro atoms. The minimum atomic E-state index is -4.47. The molecule has 0 unspecified atom stereocenters. The topological polar surface area (TPSA) is 56.0 Å². The summed E-state index contributed by atoms with van der Waals surface area (Å²) in [6, 6.07) is 4.80. The highest BCUT2D eigenvalue weighted by atomic mass is 32.1. The van der Waals surface area contributed by atoms with Gasteiger partial charge in [-0.1, -0.05) is 0 Å². The summed E-state index contributed by atoms with van der Waals surface area (Å²) in [5.74, 6) is 0. The maximum absolute atomic E-state index is 12.6. The van der Waals surface area contributed by atoms with Crippen LogP contribution in [0.4, 0.5) is 18.9 Å². The van der Waals surface area contributed by atoms with E-state index in [0.29, 0.717) is 11.3 Å². The van der Waals surface area contributed by atoms with Crippen LogP contribution in [0.1, 0.15) is 4.88 Å². The molecule has 94 valence electrons. The smallest absolute Gasteiger partial charge is 0.258 e. The average Bonchev–Trinajstić information content (AvgIpc) is 2.77. The van der Waals surface area contributed by atoms with Gasteiger partial charge in [0.25, 0.3) is 5.69 Å². The number of hydrogen-bond acceptors (Lipinski definition) is 4. The summed E-state index contributed by atoms with van der Waals surface area (Å²) in [7, 11) is 0. The van der Waals surface area contributed by atoms with Gasteiger partial charge in [-0.05, 0) is 12.1 Å². The van der Waals surface area contributed by atoms with Crippen LogP contribution in [0.3, 0.4) is 0 Å². The Bertz CT molecular complexity index is 578. The van der Waals surface area contributed by atoms with E-state index in [1.54, 1.807) is 0 Å². The van der Waals surface area contributed by atoms with E-state index in [1.165, 1.54) is 12.1 Å². The normalized spacial score (nSPS) is 11.5. The lowest BCUT2D eigenvalue weighted by molar-refractivity contribution is -0.384. The number of rotatable bonds is 2. The van der Waals surface area contributed by atoms with Crippen molar-refractivity contribution >= 4 is 17.0 Å². The molecule has 1 heterocycles. The van der Waals surface area contributed by atoms with Gasteiger partial charge in [0, 0.05) is 17.7 Å². The molecule has 4 nitrogen and oxygen atoms in total. The van der Waals surface area contributed by atoms with E-state index < -0.39 is 16.0 Å². The van der Waals surface area contributed by atoms with Crippen molar-refractivity contribution < 1.29 is 18.1 Å². The van der Waals surface area contributed by atoms with Gasteiger partial charge in [0.1, 0.15) is 4.88 Å². The van der Waals surface area contributed by atoms with Crippen LogP contribution in [0, 0.1) is 10.1 Å². The Kier molecular flexibility index (Phi) is 3.04. The quantitative estimate of drug-likeness (QED) is 0.619. The highest BCUT2D eigenvalue weighted by Crippen LogP contribution is 2.39. The molecule has 18 heavy (non-hydrogen) atoms. The number of benzene rings is 1. The van der Waals surface area contributed by atoms with Crippen LogP contribution in [0.5, 0.6) is 0 Å². The van der Waals surface area contributed by atoms with Crippen LogP contribution in [0.25, 0.3) is 11.3 Å². The average molecular weight is 274 g/mol. The summed E-state index contributed by atoms with van der Waals surface area (Å²) in [4.78, 5) is 12.7. The fourth-order valence-electron chi connectivity index (χ4n) is 1.39. The van der Waals surface area contributed by atoms with Crippen LogP contribution in [0.2, 0.25) is 0 Å². The van der Waals surface area contributed by atoms with Crippen molar-refractivity contribution in [2.45, 2.75) is 6.18 Å². The van der Waals surface area contributed by atoms with Gasteiger partial charge in [0.05, 0.1) is 16.1 Å². The Balaban J connectivity index is 2.44. The number of halogens is 3. The largest absolute Gasteiger partial charge is 0.427 e. The Morgan fingerprint density at radius 3 is 2.33 bits per heavy atom. The third-order valence-corrected chi connectivity index (χ3v) is 3.05. The number of hydrogen-bond donors (Lipinski definition) is 0. The minimum absolute atomic E-state index is 0.178. The zero-order valence-electron chi connectivity index (χ0n) is 8.64. The van der Waals surface area contributed by atoms with Crippen molar-refractivity contribution in [2.24, 2.45) is 0 Å². The van der Waals surface area contributed by atoms with Crippen molar-refractivity contribution in [3.63, 3.8) is 0 Å². The Hall–Kier alpha value is -1.96. The number of nitro benzene ring substituents is 1. The summed E-state index contributed by atoms with van der Waals surface area (Å²) in [5.41, 5.74) is 0.915. The standard InChI is InChI=1S/C10H5F3N2O2S/c11-10(12,13)9-8(14-5-18-9)6-1-3-7(4-2-6)15(16)17/h1-5H. The SMILES string of the molecule is O=[N+]([O-])c1ccc(-c2ncsc2C(F)(F)F)cc1. The van der Waals surface area contributed by atoms with Gasteiger partial charge >= 0.3 is 6.18 Å². The molecule has 0 atom stereocenters. The highest BCUT2D eigenvalue weighted by Gasteiger charge is 2.36. The van der Waals surface area contributed by atoms with Gasteiger partial charge < -0.3 is 0 Å². The number of non-ortho nitro benzene ring substituents is 1. The summed E-state index contributed by atoms with van der Waals surface area (Å²) < 4.78 is 37.9. The maximum atomic E-state index is 12.6. The lowest BCUT2D eigenvalue weighted by Crippen LogP contribution is -2.04. The summed E-state index contributed by atoms with van der Waals surface area (Å²) in [6.45, 7) is 0. The maximum Gasteiger partial charge on any atom is 0.427 e. The first-order valence-corrected chi connectivity index (χ1v) is 5.53. The fourth-order valence-corrected chi connectivity index (χ4v) is 2.07. The molecule has 8 heteroatoms. The van der Waals surface area contributed by atoms with Crippen molar-refractivity contribution in [1.29, 1.82) is 0 Å². The molecule has 0 radical (unpaired) electrons. The third-order valence-electron chi connectivity index (χ3n) is 2.18. The first-order chi connectivity index (χ1) is 8.39. The predicted molar refractivity (Wildman–Crippen MR) is 59.2 cm³/mol. The first kappa shape index (κ1) is 12.5. The molecule has 2 rings (SSSR count). The summed E-state index contributed by atoms with van der Waals surface area (Å²) >= 11 is 0.492. The zero-order valence-corrected chi connectivity index (χ0v) is 9.46. The van der Waals surface area contributed by atoms with Gasteiger partial charge in [-0.3, -0.25) is 10.1 Å². The predicted octanol–water partition coefficient (Wildman–Crippen LogP) is 3.74. The number of thiazole rings is 1. The molecule has 0 aliphatic rings.